The molecule has 0 atom stereocenters. The lowest BCUT2D eigenvalue weighted by Crippen LogP contribution is -2.24. The summed E-state index contributed by atoms with van der Waals surface area (Å²) in [5.41, 5.74) is 5.15. The first kappa shape index (κ1) is 23.2. The van der Waals surface area contributed by atoms with Crippen molar-refractivity contribution in [3.63, 3.8) is 0 Å². The van der Waals surface area contributed by atoms with Crippen LogP contribution in [0.15, 0.2) is 60.7 Å². The van der Waals surface area contributed by atoms with E-state index in [0.717, 1.165) is 22.3 Å². The molecular weight excluding hydrogens is 430 g/mol. The summed E-state index contributed by atoms with van der Waals surface area (Å²) in [4.78, 5) is 36.8. The molecule has 1 aliphatic carbocycles. The molecule has 1 aliphatic rings. The zero-order valence-electron chi connectivity index (χ0n) is 19.7. The van der Waals surface area contributed by atoms with Gasteiger partial charge in [0.25, 0.3) is 0 Å². The van der Waals surface area contributed by atoms with Crippen molar-refractivity contribution in [1.82, 2.24) is 0 Å². The average molecular weight is 458 g/mol. The second-order valence-corrected chi connectivity index (χ2v) is 9.31. The van der Waals surface area contributed by atoms with Crippen LogP contribution in [0.1, 0.15) is 64.1 Å². The first-order valence-electron chi connectivity index (χ1n) is 11.1. The zero-order chi connectivity index (χ0) is 24.5. The number of rotatable bonds is 5. The van der Waals surface area contributed by atoms with Crippen LogP contribution in [0.2, 0.25) is 0 Å². The molecule has 174 valence electrons. The fourth-order valence-corrected chi connectivity index (χ4v) is 4.19. The van der Waals surface area contributed by atoms with Crippen LogP contribution in [0.4, 0.5) is 10.5 Å². The van der Waals surface area contributed by atoms with Crippen molar-refractivity contribution in [3.05, 3.63) is 88.5 Å². The minimum absolute atomic E-state index is 0.0714. The largest absolute Gasteiger partial charge is 0.456 e. The van der Waals surface area contributed by atoms with Gasteiger partial charge in [0.2, 0.25) is 0 Å². The highest BCUT2D eigenvalue weighted by Crippen LogP contribution is 2.44. The van der Waals surface area contributed by atoms with Gasteiger partial charge in [0.05, 0.1) is 5.56 Å². The minimum atomic E-state index is -0.691. The number of nitrogens with one attached hydrogen (secondary N) is 1. The molecule has 1 N–H and O–H groups in total. The lowest BCUT2D eigenvalue weighted by molar-refractivity contribution is 0.00694. The number of fused-ring (bicyclic) bond motifs is 3. The highest BCUT2D eigenvalue weighted by atomic mass is 16.6. The Morgan fingerprint density at radius 2 is 1.56 bits per heavy atom. The van der Waals surface area contributed by atoms with Crippen molar-refractivity contribution in [1.29, 1.82) is 0 Å². The molecule has 0 saturated heterocycles. The summed E-state index contributed by atoms with van der Waals surface area (Å²) in [7, 11) is 0. The Labute approximate surface area is 198 Å². The molecule has 1 amide bonds. The van der Waals surface area contributed by atoms with E-state index in [1.807, 2.05) is 36.4 Å². The van der Waals surface area contributed by atoms with Crippen molar-refractivity contribution in [2.75, 3.05) is 11.9 Å². The van der Waals surface area contributed by atoms with Crippen molar-refractivity contribution in [2.24, 2.45) is 0 Å². The summed E-state index contributed by atoms with van der Waals surface area (Å²) in [5, 5.41) is 2.69. The Morgan fingerprint density at radius 3 is 2.12 bits per heavy atom. The molecule has 0 fully saturated rings. The predicted molar refractivity (Wildman–Crippen MR) is 130 cm³/mol. The number of carbonyl (C=O) groups is 3. The molecule has 6 heteroatoms. The first-order chi connectivity index (χ1) is 16.2. The predicted octanol–water partition coefficient (Wildman–Crippen LogP) is 6.12. The van der Waals surface area contributed by atoms with Gasteiger partial charge in [0, 0.05) is 17.2 Å². The second kappa shape index (κ2) is 9.14. The van der Waals surface area contributed by atoms with Gasteiger partial charge in [-0.1, -0.05) is 48.5 Å². The van der Waals surface area contributed by atoms with E-state index < -0.39 is 17.7 Å². The van der Waals surface area contributed by atoms with Crippen LogP contribution in [-0.4, -0.2) is 30.6 Å². The Morgan fingerprint density at radius 1 is 0.971 bits per heavy atom. The van der Waals surface area contributed by atoms with Gasteiger partial charge in [-0.25, -0.2) is 9.59 Å². The Bertz CT molecular complexity index is 1230. The van der Waals surface area contributed by atoms with Crippen LogP contribution in [0.5, 0.6) is 0 Å². The highest BCUT2D eigenvalue weighted by Gasteiger charge is 2.29. The summed E-state index contributed by atoms with van der Waals surface area (Å²) >= 11 is 0. The third-order valence-corrected chi connectivity index (χ3v) is 5.79. The SMILES string of the molecule is Cc1c(C=O)cc(C(=O)OC(C)(C)C)cc1NC(=O)OCC1c2ccccc2-c2ccccc21. The van der Waals surface area contributed by atoms with E-state index in [-0.39, 0.29) is 23.7 Å². The third-order valence-electron chi connectivity index (χ3n) is 5.79. The maximum absolute atomic E-state index is 12.7. The second-order valence-electron chi connectivity index (χ2n) is 9.31. The normalized spacial score (nSPS) is 12.5. The fraction of sp³-hybridized carbons (Fsp3) is 0.250. The summed E-state index contributed by atoms with van der Waals surface area (Å²) in [6, 6.07) is 19.1. The van der Waals surface area contributed by atoms with E-state index >= 15 is 0 Å². The number of hydrogen-bond donors (Lipinski definition) is 1. The topological polar surface area (TPSA) is 81.7 Å². The molecule has 0 aromatic heterocycles. The van der Waals surface area contributed by atoms with Gasteiger partial charge in [-0.3, -0.25) is 10.1 Å². The lowest BCUT2D eigenvalue weighted by Gasteiger charge is -2.20. The van der Waals surface area contributed by atoms with Gasteiger partial charge >= 0.3 is 12.1 Å². The smallest absolute Gasteiger partial charge is 0.411 e. The van der Waals surface area contributed by atoms with E-state index in [0.29, 0.717) is 17.5 Å². The monoisotopic (exact) mass is 457 g/mol. The zero-order valence-corrected chi connectivity index (χ0v) is 19.7. The average Bonchev–Trinajstić information content (AvgIpc) is 3.11. The van der Waals surface area contributed by atoms with Crippen LogP contribution in [0, 0.1) is 6.92 Å². The van der Waals surface area contributed by atoms with Gasteiger partial charge in [0.1, 0.15) is 18.5 Å². The van der Waals surface area contributed by atoms with E-state index in [9.17, 15) is 14.4 Å². The molecule has 0 spiro atoms. The molecule has 3 aromatic carbocycles. The molecule has 0 aliphatic heterocycles. The van der Waals surface area contributed by atoms with Crippen LogP contribution in [-0.2, 0) is 9.47 Å². The van der Waals surface area contributed by atoms with E-state index in [2.05, 4.69) is 17.4 Å². The molecule has 0 saturated carbocycles. The molecule has 0 unspecified atom stereocenters. The van der Waals surface area contributed by atoms with Crippen molar-refractivity contribution in [2.45, 2.75) is 39.2 Å². The van der Waals surface area contributed by atoms with Crippen molar-refractivity contribution in [3.8, 4) is 11.1 Å². The van der Waals surface area contributed by atoms with E-state index in [4.69, 9.17) is 9.47 Å². The summed E-state index contributed by atoms with van der Waals surface area (Å²) < 4.78 is 11.0. The molecule has 0 bridgehead atoms. The molecule has 4 rings (SSSR count). The number of carbonyl (C=O) groups excluding carboxylic acids is 3. The Balaban J connectivity index is 1.52. The number of aldehydes is 1. The van der Waals surface area contributed by atoms with Gasteiger partial charge in [-0.05, 0) is 67.6 Å². The maximum atomic E-state index is 12.7. The molecule has 6 nitrogen and oxygen atoms in total. The third kappa shape index (κ3) is 4.71. The van der Waals surface area contributed by atoms with E-state index in [1.165, 1.54) is 12.1 Å². The summed E-state index contributed by atoms with van der Waals surface area (Å²) in [5.74, 6) is -0.649. The van der Waals surface area contributed by atoms with Crippen molar-refractivity contribution < 1.29 is 23.9 Å². The highest BCUT2D eigenvalue weighted by molar-refractivity contribution is 5.97. The summed E-state index contributed by atoms with van der Waals surface area (Å²) in [6.07, 6.45) is -0.0188. The van der Waals surface area contributed by atoms with Gasteiger partial charge in [-0.2, -0.15) is 0 Å². The van der Waals surface area contributed by atoms with Gasteiger partial charge < -0.3 is 9.47 Å². The van der Waals surface area contributed by atoms with Crippen LogP contribution < -0.4 is 5.32 Å². The standard InChI is InChI=1S/C28H27NO5/c1-17-19(15-30)13-18(26(31)34-28(2,3)4)14-25(17)29-27(32)33-16-24-22-11-7-5-9-20(22)21-10-6-8-12-23(21)24/h5-15,24H,16H2,1-4H3,(H,29,32). The van der Waals surface area contributed by atoms with Crippen LogP contribution in [0.3, 0.4) is 0 Å². The number of benzene rings is 3. The number of hydrogen-bond acceptors (Lipinski definition) is 5. The molecule has 34 heavy (non-hydrogen) atoms. The number of esters is 1. The van der Waals surface area contributed by atoms with Crippen LogP contribution in [0.25, 0.3) is 11.1 Å². The quantitative estimate of drug-likeness (QED) is 0.368. The fourth-order valence-electron chi connectivity index (χ4n) is 4.19. The van der Waals surface area contributed by atoms with Gasteiger partial charge in [0.15, 0.2) is 0 Å². The number of amides is 1. The number of anilines is 1. The molecular formula is C28H27NO5. The lowest BCUT2D eigenvalue weighted by atomic mass is 9.98. The van der Waals surface area contributed by atoms with E-state index in [1.54, 1.807) is 27.7 Å². The Kier molecular flexibility index (Phi) is 6.24. The van der Waals surface area contributed by atoms with Gasteiger partial charge in [-0.15, -0.1) is 0 Å². The minimum Gasteiger partial charge on any atom is -0.456 e. The Hall–Kier alpha value is -3.93. The first-order valence-corrected chi connectivity index (χ1v) is 11.1. The molecule has 0 radical (unpaired) electrons. The summed E-state index contributed by atoms with van der Waals surface area (Å²) in [6.45, 7) is 7.13. The molecule has 3 aromatic rings. The molecule has 0 heterocycles. The number of ether oxygens (including phenoxy) is 2. The van der Waals surface area contributed by atoms with Crippen molar-refractivity contribution >= 4 is 24.0 Å². The van der Waals surface area contributed by atoms with Crippen LogP contribution >= 0.6 is 0 Å². The maximum Gasteiger partial charge on any atom is 0.411 e.